The molecule has 1 aliphatic rings. The number of benzene rings is 1. The number of rotatable bonds is 4. The van der Waals surface area contributed by atoms with E-state index in [1.54, 1.807) is 23.0 Å². The predicted molar refractivity (Wildman–Crippen MR) is 107 cm³/mol. The van der Waals surface area contributed by atoms with Crippen molar-refractivity contribution in [2.45, 2.75) is 26.4 Å². The Bertz CT molecular complexity index is 1140. The van der Waals surface area contributed by atoms with Crippen molar-refractivity contribution in [3.05, 3.63) is 71.0 Å². The molecule has 0 bridgehead atoms. The number of aryl methyl sites for hydroxylation is 2. The van der Waals surface area contributed by atoms with Crippen molar-refractivity contribution in [1.82, 2.24) is 14.8 Å². The van der Waals surface area contributed by atoms with Crippen molar-refractivity contribution in [1.29, 1.82) is 5.26 Å². The number of carbonyl (C=O) groups excluding carboxylic acids is 1. The quantitative estimate of drug-likeness (QED) is 0.742. The summed E-state index contributed by atoms with van der Waals surface area (Å²) in [5.41, 5.74) is 4.07. The maximum Gasteiger partial charge on any atom is 0.269 e. The fourth-order valence-corrected chi connectivity index (χ4v) is 3.06. The van der Waals surface area contributed by atoms with E-state index in [4.69, 9.17) is 10.1 Å². The Balaban J connectivity index is 1.45. The van der Waals surface area contributed by atoms with E-state index in [0.29, 0.717) is 23.6 Å². The SMILES string of the molecule is Cc1ccccc1C1=NOC(C(=O)Nc2nn(-c3ccc(C#N)cn3)cc2C)C1. The molecule has 8 heteroatoms. The van der Waals surface area contributed by atoms with Crippen molar-refractivity contribution in [3.8, 4) is 11.9 Å². The zero-order valence-electron chi connectivity index (χ0n) is 16.0. The van der Waals surface area contributed by atoms with Crippen LogP contribution in [0.3, 0.4) is 0 Å². The highest BCUT2D eigenvalue weighted by Crippen LogP contribution is 2.21. The van der Waals surface area contributed by atoms with E-state index in [0.717, 1.165) is 22.4 Å². The van der Waals surface area contributed by atoms with Crippen LogP contribution in [0.15, 0.2) is 53.9 Å². The molecule has 3 heterocycles. The molecular formula is C21H18N6O2. The lowest BCUT2D eigenvalue weighted by Crippen LogP contribution is -2.28. The molecule has 1 aromatic carbocycles. The number of carbonyl (C=O) groups is 1. The molecule has 0 radical (unpaired) electrons. The fraction of sp³-hybridized carbons (Fsp3) is 0.190. The molecule has 0 aliphatic carbocycles. The number of oxime groups is 1. The third kappa shape index (κ3) is 3.71. The van der Waals surface area contributed by atoms with Gasteiger partial charge in [-0.15, -0.1) is 5.10 Å². The van der Waals surface area contributed by atoms with Crippen molar-refractivity contribution in [2.24, 2.45) is 5.16 Å². The summed E-state index contributed by atoms with van der Waals surface area (Å²) in [5.74, 6) is 0.669. The summed E-state index contributed by atoms with van der Waals surface area (Å²) in [7, 11) is 0. The van der Waals surface area contributed by atoms with Gasteiger partial charge in [0.25, 0.3) is 5.91 Å². The molecule has 1 unspecified atom stereocenters. The van der Waals surface area contributed by atoms with Crippen LogP contribution in [0.25, 0.3) is 5.82 Å². The summed E-state index contributed by atoms with van der Waals surface area (Å²) in [6, 6.07) is 13.2. The molecule has 29 heavy (non-hydrogen) atoms. The van der Waals surface area contributed by atoms with Gasteiger partial charge in [0.15, 0.2) is 11.6 Å². The molecule has 1 N–H and O–H groups in total. The van der Waals surface area contributed by atoms with Crippen molar-refractivity contribution >= 4 is 17.4 Å². The van der Waals surface area contributed by atoms with Gasteiger partial charge in [-0.05, 0) is 31.5 Å². The zero-order chi connectivity index (χ0) is 20.4. The Morgan fingerprint density at radius 1 is 1.24 bits per heavy atom. The Morgan fingerprint density at radius 3 is 2.79 bits per heavy atom. The molecule has 2 aromatic heterocycles. The van der Waals surface area contributed by atoms with Crippen LogP contribution in [0.5, 0.6) is 0 Å². The minimum atomic E-state index is -0.706. The maximum atomic E-state index is 12.6. The fourth-order valence-electron chi connectivity index (χ4n) is 3.06. The van der Waals surface area contributed by atoms with E-state index < -0.39 is 6.10 Å². The standard InChI is InChI=1S/C21H18N6O2/c1-13-5-3-4-6-16(13)17-9-18(29-26-17)21(28)24-20-14(2)12-27(25-20)19-8-7-15(10-22)11-23-19/h3-8,11-12,18H,9H2,1-2H3,(H,24,25,28). The van der Waals surface area contributed by atoms with Gasteiger partial charge in [0, 0.05) is 29.9 Å². The average Bonchev–Trinajstić information content (AvgIpc) is 3.36. The minimum absolute atomic E-state index is 0.307. The average molecular weight is 386 g/mol. The normalized spacial score (nSPS) is 15.3. The molecule has 0 saturated carbocycles. The van der Waals surface area contributed by atoms with E-state index in [1.807, 2.05) is 44.2 Å². The summed E-state index contributed by atoms with van der Waals surface area (Å²) in [6.07, 6.45) is 2.92. The van der Waals surface area contributed by atoms with Crippen molar-refractivity contribution < 1.29 is 9.63 Å². The van der Waals surface area contributed by atoms with Gasteiger partial charge >= 0.3 is 0 Å². The Kier molecular flexibility index (Phi) is 4.79. The summed E-state index contributed by atoms with van der Waals surface area (Å²) < 4.78 is 1.55. The molecule has 1 amide bonds. The largest absolute Gasteiger partial charge is 0.382 e. The lowest BCUT2D eigenvalue weighted by Gasteiger charge is -2.08. The van der Waals surface area contributed by atoms with Gasteiger partial charge in [-0.3, -0.25) is 4.79 Å². The number of nitriles is 1. The third-order valence-corrected chi connectivity index (χ3v) is 4.67. The van der Waals surface area contributed by atoms with E-state index >= 15 is 0 Å². The smallest absolute Gasteiger partial charge is 0.269 e. The molecule has 144 valence electrons. The van der Waals surface area contributed by atoms with Crippen molar-refractivity contribution in [2.75, 3.05) is 5.32 Å². The highest BCUT2D eigenvalue weighted by molar-refractivity contribution is 6.06. The number of amides is 1. The van der Waals surface area contributed by atoms with Crippen LogP contribution < -0.4 is 5.32 Å². The van der Waals surface area contributed by atoms with Gasteiger partial charge in [-0.2, -0.15) is 5.26 Å². The minimum Gasteiger partial charge on any atom is -0.382 e. The van der Waals surface area contributed by atoms with Crippen LogP contribution in [0, 0.1) is 25.2 Å². The van der Waals surface area contributed by atoms with Gasteiger partial charge in [-0.25, -0.2) is 9.67 Å². The van der Waals surface area contributed by atoms with Crippen LogP contribution in [0.1, 0.15) is 28.7 Å². The molecule has 1 aliphatic heterocycles. The summed E-state index contributed by atoms with van der Waals surface area (Å²) in [6.45, 7) is 3.84. The number of nitrogens with zero attached hydrogens (tertiary/aromatic N) is 5. The highest BCUT2D eigenvalue weighted by Gasteiger charge is 2.30. The lowest BCUT2D eigenvalue weighted by molar-refractivity contribution is -0.125. The van der Waals surface area contributed by atoms with E-state index in [-0.39, 0.29) is 5.91 Å². The Labute approximate surface area is 167 Å². The van der Waals surface area contributed by atoms with Crippen LogP contribution in [-0.2, 0) is 9.63 Å². The summed E-state index contributed by atoms with van der Waals surface area (Å²) >= 11 is 0. The second-order valence-corrected chi connectivity index (χ2v) is 6.76. The first-order valence-corrected chi connectivity index (χ1v) is 9.07. The van der Waals surface area contributed by atoms with Crippen LogP contribution in [0.4, 0.5) is 5.82 Å². The number of nitrogens with one attached hydrogen (secondary N) is 1. The first-order chi connectivity index (χ1) is 14.0. The molecule has 3 aromatic rings. The monoisotopic (exact) mass is 386 g/mol. The van der Waals surface area contributed by atoms with E-state index in [9.17, 15) is 4.79 Å². The van der Waals surface area contributed by atoms with Gasteiger partial charge in [0.1, 0.15) is 6.07 Å². The van der Waals surface area contributed by atoms with Gasteiger partial charge in [0.05, 0.1) is 11.3 Å². The molecule has 8 nitrogen and oxygen atoms in total. The van der Waals surface area contributed by atoms with Crippen molar-refractivity contribution in [3.63, 3.8) is 0 Å². The zero-order valence-corrected chi connectivity index (χ0v) is 16.0. The molecule has 1 atom stereocenters. The number of aromatic nitrogens is 3. The molecule has 0 fully saturated rings. The maximum absolute atomic E-state index is 12.6. The summed E-state index contributed by atoms with van der Waals surface area (Å²) in [5, 5.41) is 20.2. The van der Waals surface area contributed by atoms with Crippen LogP contribution >= 0.6 is 0 Å². The number of hydrogen-bond donors (Lipinski definition) is 1. The second-order valence-electron chi connectivity index (χ2n) is 6.76. The Hall–Kier alpha value is -3.99. The summed E-state index contributed by atoms with van der Waals surface area (Å²) in [4.78, 5) is 22.2. The van der Waals surface area contributed by atoms with Crippen LogP contribution in [0.2, 0.25) is 0 Å². The number of anilines is 1. The highest BCUT2D eigenvalue weighted by atomic mass is 16.6. The number of pyridine rings is 1. The first-order valence-electron chi connectivity index (χ1n) is 9.07. The first kappa shape index (κ1) is 18.4. The molecule has 4 rings (SSSR count). The van der Waals surface area contributed by atoms with Gasteiger partial charge in [-0.1, -0.05) is 29.4 Å². The lowest BCUT2D eigenvalue weighted by atomic mass is 10.0. The van der Waals surface area contributed by atoms with Gasteiger partial charge in [0.2, 0.25) is 6.10 Å². The third-order valence-electron chi connectivity index (χ3n) is 4.67. The molecule has 0 spiro atoms. The molecular weight excluding hydrogens is 368 g/mol. The predicted octanol–water partition coefficient (Wildman–Crippen LogP) is 2.89. The topological polar surface area (TPSA) is 105 Å². The Morgan fingerprint density at radius 2 is 2.07 bits per heavy atom. The van der Waals surface area contributed by atoms with E-state index in [2.05, 4.69) is 20.6 Å². The molecule has 0 saturated heterocycles. The number of hydrogen-bond acceptors (Lipinski definition) is 6. The van der Waals surface area contributed by atoms with E-state index in [1.165, 1.54) is 6.20 Å². The van der Waals surface area contributed by atoms with Crippen LogP contribution in [-0.4, -0.2) is 32.5 Å². The second kappa shape index (κ2) is 7.56. The van der Waals surface area contributed by atoms with Gasteiger partial charge < -0.3 is 10.2 Å².